The number of rotatable bonds is 48. The van der Waals surface area contributed by atoms with Gasteiger partial charge in [-0.05, 0) is 77.0 Å². The second-order valence-corrected chi connectivity index (χ2v) is 17.8. The lowest BCUT2D eigenvalue weighted by Gasteiger charge is -2.18. The summed E-state index contributed by atoms with van der Waals surface area (Å²) in [5, 5.41) is 0. The molecule has 0 aromatic heterocycles. The summed E-state index contributed by atoms with van der Waals surface area (Å²) in [5.41, 5.74) is 0. The molecule has 0 aliphatic heterocycles. The van der Waals surface area contributed by atoms with Crippen molar-refractivity contribution >= 4 is 17.9 Å². The first-order chi connectivity index (χ1) is 30.0. The molecule has 61 heavy (non-hydrogen) atoms. The molecule has 1 atom stereocenters. The number of unbranched alkanes of at least 4 members (excludes halogenated alkanes) is 31. The Bertz CT molecular complexity index is 1030. The lowest BCUT2D eigenvalue weighted by molar-refractivity contribution is -0.167. The van der Waals surface area contributed by atoms with Gasteiger partial charge in [0, 0.05) is 19.3 Å². The molecule has 0 radical (unpaired) electrons. The van der Waals surface area contributed by atoms with Gasteiger partial charge in [-0.2, -0.15) is 0 Å². The van der Waals surface area contributed by atoms with E-state index >= 15 is 0 Å². The number of hydrogen-bond acceptors (Lipinski definition) is 6. The molecular weight excluding hydrogens is 757 g/mol. The topological polar surface area (TPSA) is 78.9 Å². The Morgan fingerprint density at radius 3 is 0.918 bits per heavy atom. The molecule has 0 saturated carbocycles. The van der Waals surface area contributed by atoms with Gasteiger partial charge in [-0.15, -0.1) is 0 Å². The van der Waals surface area contributed by atoms with Crippen LogP contribution in [-0.2, 0) is 28.6 Å². The van der Waals surface area contributed by atoms with Crippen LogP contribution in [0.5, 0.6) is 0 Å². The van der Waals surface area contributed by atoms with Crippen molar-refractivity contribution in [3.05, 3.63) is 36.5 Å². The van der Waals surface area contributed by atoms with Crippen LogP contribution in [0.3, 0.4) is 0 Å². The smallest absolute Gasteiger partial charge is 0.306 e. The van der Waals surface area contributed by atoms with Crippen LogP contribution in [0.1, 0.15) is 278 Å². The number of ether oxygens (including phenoxy) is 3. The maximum atomic E-state index is 12.7. The number of hydrogen-bond donors (Lipinski definition) is 0. The Hall–Kier alpha value is -2.37. The van der Waals surface area contributed by atoms with Crippen LogP contribution < -0.4 is 0 Å². The van der Waals surface area contributed by atoms with E-state index in [1.807, 2.05) is 0 Å². The highest BCUT2D eigenvalue weighted by atomic mass is 16.6. The molecule has 0 bridgehead atoms. The largest absolute Gasteiger partial charge is 0.462 e. The van der Waals surface area contributed by atoms with Gasteiger partial charge in [0.1, 0.15) is 13.2 Å². The molecule has 0 amide bonds. The van der Waals surface area contributed by atoms with Crippen LogP contribution >= 0.6 is 0 Å². The molecule has 0 aromatic rings. The highest BCUT2D eigenvalue weighted by Crippen LogP contribution is 2.15. The van der Waals surface area contributed by atoms with Gasteiger partial charge in [-0.1, -0.05) is 218 Å². The second-order valence-electron chi connectivity index (χ2n) is 17.8. The average molecular weight is 857 g/mol. The summed E-state index contributed by atoms with van der Waals surface area (Å²) in [7, 11) is 0. The van der Waals surface area contributed by atoms with Crippen LogP contribution in [0.15, 0.2) is 36.5 Å². The van der Waals surface area contributed by atoms with E-state index in [2.05, 4.69) is 57.2 Å². The fourth-order valence-electron chi connectivity index (χ4n) is 7.59. The van der Waals surface area contributed by atoms with Crippen molar-refractivity contribution in [2.24, 2.45) is 0 Å². The normalized spacial score (nSPS) is 12.2. The third-order valence-electron chi connectivity index (χ3n) is 11.6. The Morgan fingerprint density at radius 1 is 0.328 bits per heavy atom. The van der Waals surface area contributed by atoms with E-state index in [1.165, 1.54) is 167 Å². The Labute approximate surface area is 378 Å². The molecule has 356 valence electrons. The van der Waals surface area contributed by atoms with E-state index in [0.29, 0.717) is 19.3 Å². The molecule has 0 aliphatic carbocycles. The summed E-state index contributed by atoms with van der Waals surface area (Å²) in [6.07, 6.45) is 58.7. The molecule has 0 rings (SSSR count). The van der Waals surface area contributed by atoms with Crippen LogP contribution in [0.25, 0.3) is 0 Å². The van der Waals surface area contributed by atoms with Gasteiger partial charge in [0.25, 0.3) is 0 Å². The molecule has 0 saturated heterocycles. The zero-order chi connectivity index (χ0) is 44.4. The fourth-order valence-corrected chi connectivity index (χ4v) is 7.59. The minimum absolute atomic E-state index is 0.0756. The van der Waals surface area contributed by atoms with Crippen molar-refractivity contribution in [2.75, 3.05) is 13.2 Å². The van der Waals surface area contributed by atoms with Gasteiger partial charge >= 0.3 is 17.9 Å². The minimum Gasteiger partial charge on any atom is -0.462 e. The maximum absolute atomic E-state index is 12.7. The molecule has 6 heteroatoms. The van der Waals surface area contributed by atoms with Crippen molar-refractivity contribution in [1.82, 2.24) is 0 Å². The third-order valence-corrected chi connectivity index (χ3v) is 11.6. The lowest BCUT2D eigenvalue weighted by atomic mass is 10.1. The molecule has 0 aliphatic rings. The second kappa shape index (κ2) is 50.3. The van der Waals surface area contributed by atoms with E-state index < -0.39 is 6.10 Å². The van der Waals surface area contributed by atoms with E-state index in [1.54, 1.807) is 0 Å². The number of carbonyl (C=O) groups is 3. The molecule has 1 unspecified atom stereocenters. The molecule has 0 aromatic carbocycles. The molecular formula is C55H100O6. The lowest BCUT2D eigenvalue weighted by Crippen LogP contribution is -2.30. The van der Waals surface area contributed by atoms with Gasteiger partial charge in [0.2, 0.25) is 0 Å². The predicted octanol–water partition coefficient (Wildman–Crippen LogP) is 17.3. The number of allylic oxidation sites excluding steroid dienone is 6. The summed E-state index contributed by atoms with van der Waals surface area (Å²) < 4.78 is 16.7. The summed E-state index contributed by atoms with van der Waals surface area (Å²) in [5.74, 6) is -0.889. The minimum atomic E-state index is -0.773. The van der Waals surface area contributed by atoms with Crippen LogP contribution in [0.2, 0.25) is 0 Å². The van der Waals surface area contributed by atoms with E-state index in [-0.39, 0.29) is 31.1 Å². The van der Waals surface area contributed by atoms with E-state index in [4.69, 9.17) is 14.2 Å². The molecule has 6 nitrogen and oxygen atoms in total. The van der Waals surface area contributed by atoms with Crippen molar-refractivity contribution in [2.45, 2.75) is 284 Å². The van der Waals surface area contributed by atoms with Gasteiger partial charge in [0.05, 0.1) is 0 Å². The van der Waals surface area contributed by atoms with Crippen LogP contribution in [-0.4, -0.2) is 37.2 Å². The van der Waals surface area contributed by atoms with Gasteiger partial charge in [0.15, 0.2) is 6.10 Å². The van der Waals surface area contributed by atoms with Crippen LogP contribution in [0, 0.1) is 0 Å². The first-order valence-corrected chi connectivity index (χ1v) is 26.5. The summed E-state index contributed by atoms with van der Waals surface area (Å²) in [6.45, 7) is 6.57. The monoisotopic (exact) mass is 857 g/mol. The van der Waals surface area contributed by atoms with Crippen molar-refractivity contribution in [1.29, 1.82) is 0 Å². The summed E-state index contributed by atoms with van der Waals surface area (Å²) in [6, 6.07) is 0. The van der Waals surface area contributed by atoms with Crippen LogP contribution in [0.4, 0.5) is 0 Å². The van der Waals surface area contributed by atoms with E-state index in [9.17, 15) is 14.4 Å². The summed E-state index contributed by atoms with van der Waals surface area (Å²) in [4.78, 5) is 37.7. The third kappa shape index (κ3) is 48.5. The molecule has 0 spiro atoms. The number of esters is 3. The quantitative estimate of drug-likeness (QED) is 0.0262. The Balaban J connectivity index is 4.18. The predicted molar refractivity (Wildman–Crippen MR) is 261 cm³/mol. The average Bonchev–Trinajstić information content (AvgIpc) is 3.26. The Kier molecular flexibility index (Phi) is 48.3. The molecule has 0 heterocycles. The SMILES string of the molecule is CCCCCCC/C=C\C/C=C\CCCCCCCCCCCC(=O)OCC(COC(=O)CCCCCCCC)OC(=O)CCCCCCC/C=C\CCCCCCCCC. The van der Waals surface area contributed by atoms with Gasteiger partial charge in [-0.3, -0.25) is 14.4 Å². The van der Waals surface area contributed by atoms with Crippen molar-refractivity contribution < 1.29 is 28.6 Å². The maximum Gasteiger partial charge on any atom is 0.306 e. The highest BCUT2D eigenvalue weighted by Gasteiger charge is 2.19. The van der Waals surface area contributed by atoms with Gasteiger partial charge < -0.3 is 14.2 Å². The zero-order valence-electron chi connectivity index (χ0n) is 40.7. The van der Waals surface area contributed by atoms with Crippen molar-refractivity contribution in [3.63, 3.8) is 0 Å². The first-order valence-electron chi connectivity index (χ1n) is 26.5. The van der Waals surface area contributed by atoms with E-state index in [0.717, 1.165) is 70.6 Å². The summed E-state index contributed by atoms with van der Waals surface area (Å²) >= 11 is 0. The highest BCUT2D eigenvalue weighted by molar-refractivity contribution is 5.71. The molecule has 0 N–H and O–H groups in total. The number of carbonyl (C=O) groups excluding carboxylic acids is 3. The standard InChI is InChI=1S/C55H100O6/c1-4-7-10-13-16-18-20-22-24-26-27-28-29-30-32-33-35-37-39-42-45-48-54(57)60-51-52(50-59-53(56)47-44-41-15-12-9-6-3)61-55(58)49-46-43-40-38-36-34-31-25-23-21-19-17-14-11-8-5-2/h20,22,25-27,31,52H,4-19,21,23-24,28-30,32-51H2,1-3H3/b22-20-,27-26-,31-25-. The zero-order valence-corrected chi connectivity index (χ0v) is 40.7. The first kappa shape index (κ1) is 58.6. The van der Waals surface area contributed by atoms with Gasteiger partial charge in [-0.25, -0.2) is 0 Å². The Morgan fingerprint density at radius 2 is 0.590 bits per heavy atom. The fraction of sp³-hybridized carbons (Fsp3) is 0.836. The van der Waals surface area contributed by atoms with Crippen molar-refractivity contribution in [3.8, 4) is 0 Å². The molecule has 0 fully saturated rings.